The number of aromatic nitrogens is 2. The van der Waals surface area contributed by atoms with Gasteiger partial charge in [-0.2, -0.15) is 5.10 Å². The lowest BCUT2D eigenvalue weighted by Gasteiger charge is -2.11. The highest BCUT2D eigenvalue weighted by Crippen LogP contribution is 2.22. The number of hydrogen-bond acceptors (Lipinski definition) is 5. The monoisotopic (exact) mass is 408 g/mol. The third-order valence-corrected chi connectivity index (χ3v) is 4.64. The van der Waals surface area contributed by atoms with Crippen molar-refractivity contribution in [2.75, 3.05) is 0 Å². The molecule has 8 nitrogen and oxygen atoms in total. The van der Waals surface area contributed by atoms with Crippen molar-refractivity contribution in [2.24, 2.45) is 0 Å². The number of benzene rings is 2. The lowest BCUT2D eigenvalue weighted by atomic mass is 10.1. The van der Waals surface area contributed by atoms with Gasteiger partial charge in [-0.25, -0.2) is 0 Å². The summed E-state index contributed by atoms with van der Waals surface area (Å²) in [4.78, 5) is 23.4. The average Bonchev–Trinajstić information content (AvgIpc) is 3.18. The first-order valence-electron chi connectivity index (χ1n) is 9.78. The minimum absolute atomic E-state index is 0.193. The van der Waals surface area contributed by atoms with Crippen molar-refractivity contribution in [2.45, 2.75) is 39.5 Å². The van der Waals surface area contributed by atoms with Gasteiger partial charge in [-0.3, -0.25) is 20.0 Å². The molecule has 0 unspecified atom stereocenters. The summed E-state index contributed by atoms with van der Waals surface area (Å²) in [6.07, 6.45) is 1.17. The van der Waals surface area contributed by atoms with E-state index >= 15 is 0 Å². The van der Waals surface area contributed by atoms with Crippen molar-refractivity contribution in [1.82, 2.24) is 15.5 Å². The SMILES string of the molecule is CCCc1[nH]nc(C(=O)NCc2ccccc2COCc2ccccc2)c1[N+](=O)[O-]. The fraction of sp³-hybridized carbons (Fsp3) is 0.273. The van der Waals surface area contributed by atoms with E-state index in [4.69, 9.17) is 4.74 Å². The summed E-state index contributed by atoms with van der Waals surface area (Å²) in [7, 11) is 0. The average molecular weight is 408 g/mol. The molecule has 0 aliphatic heterocycles. The van der Waals surface area contributed by atoms with Crippen molar-refractivity contribution < 1.29 is 14.5 Å². The van der Waals surface area contributed by atoms with Crippen LogP contribution in [-0.2, 0) is 30.9 Å². The summed E-state index contributed by atoms with van der Waals surface area (Å²) in [5, 5.41) is 20.6. The number of nitrogens with zero attached hydrogens (tertiary/aromatic N) is 2. The number of aryl methyl sites for hydroxylation is 1. The molecule has 0 aliphatic rings. The molecule has 2 N–H and O–H groups in total. The van der Waals surface area contributed by atoms with Crippen molar-refractivity contribution in [3.05, 3.63) is 92.8 Å². The number of nitro groups is 1. The van der Waals surface area contributed by atoms with E-state index in [0.717, 1.165) is 16.7 Å². The maximum Gasteiger partial charge on any atom is 0.322 e. The molecule has 0 bridgehead atoms. The van der Waals surface area contributed by atoms with E-state index in [-0.39, 0.29) is 17.9 Å². The number of ether oxygens (including phenoxy) is 1. The van der Waals surface area contributed by atoms with Crippen LogP contribution < -0.4 is 5.32 Å². The summed E-state index contributed by atoms with van der Waals surface area (Å²) in [6, 6.07) is 17.5. The van der Waals surface area contributed by atoms with Gasteiger partial charge in [0.1, 0.15) is 5.69 Å². The molecule has 1 amide bonds. The fourth-order valence-corrected chi connectivity index (χ4v) is 3.13. The first-order valence-corrected chi connectivity index (χ1v) is 9.78. The Labute approximate surface area is 174 Å². The van der Waals surface area contributed by atoms with Crippen LogP contribution in [0.2, 0.25) is 0 Å². The van der Waals surface area contributed by atoms with Crippen molar-refractivity contribution in [3.63, 3.8) is 0 Å². The van der Waals surface area contributed by atoms with E-state index in [1.165, 1.54) is 0 Å². The van der Waals surface area contributed by atoms with Gasteiger partial charge in [0.25, 0.3) is 5.91 Å². The summed E-state index contributed by atoms with van der Waals surface area (Å²) in [5.74, 6) is -0.583. The van der Waals surface area contributed by atoms with Gasteiger partial charge in [-0.15, -0.1) is 0 Å². The fourth-order valence-electron chi connectivity index (χ4n) is 3.13. The number of carbonyl (C=O) groups is 1. The Morgan fingerprint density at radius 2 is 1.80 bits per heavy atom. The van der Waals surface area contributed by atoms with Crippen LogP contribution in [0.15, 0.2) is 54.6 Å². The van der Waals surface area contributed by atoms with Crippen LogP contribution in [0.3, 0.4) is 0 Å². The Hall–Kier alpha value is -3.52. The van der Waals surface area contributed by atoms with E-state index in [0.29, 0.717) is 31.7 Å². The number of nitrogens with one attached hydrogen (secondary N) is 2. The summed E-state index contributed by atoms with van der Waals surface area (Å²) in [5.41, 5.74) is 2.82. The number of amides is 1. The van der Waals surface area contributed by atoms with Gasteiger partial charge < -0.3 is 10.1 Å². The van der Waals surface area contributed by atoms with E-state index in [1.807, 2.05) is 61.5 Å². The van der Waals surface area contributed by atoms with Crippen LogP contribution in [0, 0.1) is 10.1 Å². The first kappa shape index (κ1) is 21.2. The Balaban J connectivity index is 1.63. The third-order valence-electron chi connectivity index (χ3n) is 4.64. The molecule has 1 heterocycles. The number of carbonyl (C=O) groups excluding carboxylic acids is 1. The summed E-state index contributed by atoms with van der Waals surface area (Å²) < 4.78 is 5.80. The van der Waals surface area contributed by atoms with Crippen LogP contribution in [0.4, 0.5) is 5.69 Å². The number of rotatable bonds is 10. The zero-order valence-electron chi connectivity index (χ0n) is 16.8. The zero-order valence-corrected chi connectivity index (χ0v) is 16.8. The van der Waals surface area contributed by atoms with Crippen molar-refractivity contribution in [1.29, 1.82) is 0 Å². The topological polar surface area (TPSA) is 110 Å². The van der Waals surface area contributed by atoms with Gasteiger partial charge in [-0.05, 0) is 23.1 Å². The predicted octanol–water partition coefficient (Wildman–Crippen LogP) is 3.92. The molecule has 0 saturated heterocycles. The molecule has 0 saturated carbocycles. The smallest absolute Gasteiger partial charge is 0.322 e. The maximum atomic E-state index is 12.5. The Kier molecular flexibility index (Phi) is 7.29. The standard InChI is InChI=1S/C22H24N4O4/c1-2-8-19-21(26(28)29)20(25-24-19)22(27)23-13-17-11-6-7-12-18(17)15-30-14-16-9-4-3-5-10-16/h3-7,9-12H,2,8,13-15H2,1H3,(H,23,27)(H,24,25). The molecule has 1 aromatic heterocycles. The highest BCUT2D eigenvalue weighted by Gasteiger charge is 2.28. The Morgan fingerprint density at radius 1 is 1.10 bits per heavy atom. The highest BCUT2D eigenvalue weighted by molar-refractivity contribution is 5.96. The Morgan fingerprint density at radius 3 is 2.50 bits per heavy atom. The normalized spacial score (nSPS) is 10.7. The maximum absolute atomic E-state index is 12.5. The number of H-pyrrole nitrogens is 1. The molecular formula is C22H24N4O4. The van der Waals surface area contributed by atoms with E-state index in [1.54, 1.807) is 0 Å². The van der Waals surface area contributed by atoms with Gasteiger partial charge in [0.15, 0.2) is 0 Å². The van der Waals surface area contributed by atoms with Crippen LogP contribution in [-0.4, -0.2) is 21.0 Å². The molecule has 0 aliphatic carbocycles. The first-order chi connectivity index (χ1) is 14.6. The minimum atomic E-state index is -0.583. The molecule has 0 radical (unpaired) electrons. The zero-order chi connectivity index (χ0) is 21.3. The second kappa shape index (κ2) is 10.3. The summed E-state index contributed by atoms with van der Waals surface area (Å²) >= 11 is 0. The van der Waals surface area contributed by atoms with Gasteiger partial charge >= 0.3 is 5.69 Å². The van der Waals surface area contributed by atoms with Gasteiger partial charge in [0.2, 0.25) is 5.69 Å². The molecule has 30 heavy (non-hydrogen) atoms. The largest absolute Gasteiger partial charge is 0.372 e. The van der Waals surface area contributed by atoms with E-state index < -0.39 is 10.8 Å². The van der Waals surface area contributed by atoms with Gasteiger partial charge in [0, 0.05) is 6.54 Å². The molecular weight excluding hydrogens is 384 g/mol. The molecule has 2 aromatic carbocycles. The lowest BCUT2D eigenvalue weighted by molar-refractivity contribution is -0.385. The molecule has 0 atom stereocenters. The van der Waals surface area contributed by atoms with Crippen LogP contribution >= 0.6 is 0 Å². The van der Waals surface area contributed by atoms with Gasteiger partial charge in [0.05, 0.1) is 18.1 Å². The molecule has 0 spiro atoms. The second-order valence-corrected chi connectivity index (χ2v) is 6.84. The van der Waals surface area contributed by atoms with Crippen molar-refractivity contribution in [3.8, 4) is 0 Å². The van der Waals surface area contributed by atoms with Gasteiger partial charge in [-0.1, -0.05) is 67.9 Å². The lowest BCUT2D eigenvalue weighted by Crippen LogP contribution is -2.24. The number of hydrogen-bond donors (Lipinski definition) is 2. The quantitative estimate of drug-likeness (QED) is 0.390. The van der Waals surface area contributed by atoms with E-state index in [9.17, 15) is 14.9 Å². The molecule has 156 valence electrons. The van der Waals surface area contributed by atoms with Crippen LogP contribution in [0.5, 0.6) is 0 Å². The Bertz CT molecular complexity index is 1000. The second-order valence-electron chi connectivity index (χ2n) is 6.84. The van der Waals surface area contributed by atoms with Crippen molar-refractivity contribution >= 4 is 11.6 Å². The minimum Gasteiger partial charge on any atom is -0.372 e. The number of aromatic amines is 1. The molecule has 0 fully saturated rings. The molecule has 3 rings (SSSR count). The van der Waals surface area contributed by atoms with Crippen LogP contribution in [0.25, 0.3) is 0 Å². The highest BCUT2D eigenvalue weighted by atomic mass is 16.6. The van der Waals surface area contributed by atoms with E-state index in [2.05, 4.69) is 15.5 Å². The third kappa shape index (κ3) is 5.30. The summed E-state index contributed by atoms with van der Waals surface area (Å²) in [6.45, 7) is 3.00. The molecule has 3 aromatic rings. The van der Waals surface area contributed by atoms with Crippen LogP contribution in [0.1, 0.15) is 46.2 Å². The molecule has 8 heteroatoms. The predicted molar refractivity (Wildman–Crippen MR) is 112 cm³/mol.